The van der Waals surface area contributed by atoms with E-state index < -0.39 is 15.8 Å². The van der Waals surface area contributed by atoms with Crippen LogP contribution in [0.5, 0.6) is 0 Å². The lowest BCUT2D eigenvalue weighted by Crippen LogP contribution is -2.50. The van der Waals surface area contributed by atoms with Gasteiger partial charge in [-0.2, -0.15) is 0 Å². The minimum atomic E-state index is -3.21. The predicted molar refractivity (Wildman–Crippen MR) is 107 cm³/mol. The van der Waals surface area contributed by atoms with Crippen molar-refractivity contribution < 1.29 is 22.3 Å². The Bertz CT molecular complexity index is 799. The average Bonchev–Trinajstić information content (AvgIpc) is 3.19. The SMILES string of the molecule is CN(CCN(C1CCOCC1)C1CCN(S(C)(=O)=O)C1)C(=O)c1ccc(F)cn1. The summed E-state index contributed by atoms with van der Waals surface area (Å²) in [6, 6.07) is 3.03. The number of hydrogen-bond acceptors (Lipinski definition) is 6. The van der Waals surface area contributed by atoms with E-state index in [-0.39, 0.29) is 17.6 Å². The van der Waals surface area contributed by atoms with Gasteiger partial charge in [-0.1, -0.05) is 0 Å². The second-order valence-electron chi connectivity index (χ2n) is 7.73. The highest BCUT2D eigenvalue weighted by atomic mass is 32.2. The Balaban J connectivity index is 1.65. The first-order valence-corrected chi connectivity index (χ1v) is 11.8. The molecule has 0 spiro atoms. The van der Waals surface area contributed by atoms with E-state index in [2.05, 4.69) is 9.88 Å². The lowest BCUT2D eigenvalue weighted by Gasteiger charge is -2.39. The monoisotopic (exact) mass is 428 g/mol. The molecule has 162 valence electrons. The van der Waals surface area contributed by atoms with Crippen molar-refractivity contribution in [3.8, 4) is 0 Å². The molecule has 0 saturated carbocycles. The summed E-state index contributed by atoms with van der Waals surface area (Å²) in [5.74, 6) is -0.743. The van der Waals surface area contributed by atoms with Gasteiger partial charge in [0.2, 0.25) is 10.0 Å². The van der Waals surface area contributed by atoms with Crippen molar-refractivity contribution in [2.24, 2.45) is 0 Å². The Morgan fingerprint density at radius 2 is 1.97 bits per heavy atom. The topological polar surface area (TPSA) is 83.0 Å². The number of hydrogen-bond donors (Lipinski definition) is 0. The molecule has 10 heteroatoms. The number of ether oxygens (including phenoxy) is 1. The molecule has 3 rings (SSSR count). The lowest BCUT2D eigenvalue weighted by molar-refractivity contribution is 0.0157. The number of pyridine rings is 1. The van der Waals surface area contributed by atoms with Crippen LogP contribution in [0.4, 0.5) is 4.39 Å². The molecule has 1 unspecified atom stereocenters. The van der Waals surface area contributed by atoms with E-state index in [4.69, 9.17) is 4.74 Å². The third kappa shape index (κ3) is 5.71. The van der Waals surface area contributed by atoms with E-state index in [1.807, 2.05) is 0 Å². The van der Waals surface area contributed by atoms with Crippen LogP contribution in [0.15, 0.2) is 18.3 Å². The molecule has 0 bridgehead atoms. The molecule has 8 nitrogen and oxygen atoms in total. The molecule has 0 radical (unpaired) electrons. The number of sulfonamides is 1. The number of halogens is 1. The van der Waals surface area contributed by atoms with Gasteiger partial charge in [0.1, 0.15) is 11.5 Å². The van der Waals surface area contributed by atoms with Crippen molar-refractivity contribution in [1.29, 1.82) is 0 Å². The second kappa shape index (κ2) is 9.46. The van der Waals surface area contributed by atoms with Gasteiger partial charge >= 0.3 is 0 Å². The maximum atomic E-state index is 13.0. The molecule has 2 saturated heterocycles. The summed E-state index contributed by atoms with van der Waals surface area (Å²) in [6.07, 6.45) is 4.85. The zero-order valence-corrected chi connectivity index (χ0v) is 17.8. The van der Waals surface area contributed by atoms with Gasteiger partial charge in [-0.15, -0.1) is 0 Å². The molecule has 0 aromatic carbocycles. The summed E-state index contributed by atoms with van der Waals surface area (Å²) >= 11 is 0. The zero-order valence-electron chi connectivity index (χ0n) is 17.0. The summed E-state index contributed by atoms with van der Waals surface area (Å²) < 4.78 is 43.9. The minimum Gasteiger partial charge on any atom is -0.381 e. The number of carbonyl (C=O) groups is 1. The fraction of sp³-hybridized carbons (Fsp3) is 0.684. The number of amides is 1. The number of nitrogens with zero attached hydrogens (tertiary/aromatic N) is 4. The molecule has 1 aromatic heterocycles. The van der Waals surface area contributed by atoms with Crippen molar-refractivity contribution in [3.63, 3.8) is 0 Å². The van der Waals surface area contributed by atoms with E-state index in [9.17, 15) is 17.6 Å². The molecule has 3 heterocycles. The summed E-state index contributed by atoms with van der Waals surface area (Å²) in [5.41, 5.74) is 0.204. The van der Waals surface area contributed by atoms with Crippen LogP contribution in [-0.2, 0) is 14.8 Å². The van der Waals surface area contributed by atoms with Gasteiger partial charge in [0, 0.05) is 58.5 Å². The van der Waals surface area contributed by atoms with Gasteiger partial charge in [-0.3, -0.25) is 9.69 Å². The Morgan fingerprint density at radius 3 is 2.55 bits per heavy atom. The third-order valence-electron chi connectivity index (χ3n) is 5.71. The van der Waals surface area contributed by atoms with Gasteiger partial charge in [-0.05, 0) is 31.4 Å². The van der Waals surface area contributed by atoms with Crippen LogP contribution in [0.3, 0.4) is 0 Å². The van der Waals surface area contributed by atoms with Crippen LogP contribution in [0.1, 0.15) is 29.8 Å². The van der Waals surface area contributed by atoms with E-state index in [1.165, 1.54) is 22.7 Å². The third-order valence-corrected chi connectivity index (χ3v) is 6.98. The average molecular weight is 429 g/mol. The first kappa shape index (κ1) is 22.1. The van der Waals surface area contributed by atoms with Crippen molar-refractivity contribution in [1.82, 2.24) is 19.1 Å². The summed E-state index contributed by atoms with van der Waals surface area (Å²) in [7, 11) is -1.50. The minimum absolute atomic E-state index is 0.125. The normalized spacial score (nSPS) is 21.6. The van der Waals surface area contributed by atoms with Gasteiger partial charge in [0.15, 0.2) is 0 Å². The Labute approximate surface area is 171 Å². The predicted octanol–water partition coefficient (Wildman–Crippen LogP) is 0.808. The molecule has 1 amide bonds. The number of aromatic nitrogens is 1. The van der Waals surface area contributed by atoms with Crippen molar-refractivity contribution in [2.45, 2.75) is 31.3 Å². The van der Waals surface area contributed by atoms with Crippen LogP contribution >= 0.6 is 0 Å². The molecule has 1 aromatic rings. The van der Waals surface area contributed by atoms with E-state index >= 15 is 0 Å². The smallest absolute Gasteiger partial charge is 0.272 e. The van der Waals surface area contributed by atoms with Crippen LogP contribution in [0.25, 0.3) is 0 Å². The highest BCUT2D eigenvalue weighted by molar-refractivity contribution is 7.88. The largest absolute Gasteiger partial charge is 0.381 e. The second-order valence-corrected chi connectivity index (χ2v) is 9.72. The maximum absolute atomic E-state index is 13.0. The first-order valence-electron chi connectivity index (χ1n) is 9.91. The molecular formula is C19H29FN4O4S. The van der Waals surface area contributed by atoms with Gasteiger partial charge in [0.25, 0.3) is 5.91 Å². The summed E-state index contributed by atoms with van der Waals surface area (Å²) in [5, 5.41) is 0. The van der Waals surface area contributed by atoms with Crippen molar-refractivity contribution in [3.05, 3.63) is 29.8 Å². The van der Waals surface area contributed by atoms with E-state index in [0.717, 1.165) is 25.5 Å². The summed E-state index contributed by atoms with van der Waals surface area (Å²) in [4.78, 5) is 20.3. The van der Waals surface area contributed by atoms with Crippen LogP contribution in [0.2, 0.25) is 0 Å². The van der Waals surface area contributed by atoms with Crippen LogP contribution < -0.4 is 0 Å². The van der Waals surface area contributed by atoms with Crippen molar-refractivity contribution >= 4 is 15.9 Å². The Hall–Kier alpha value is -1.62. The fourth-order valence-electron chi connectivity index (χ4n) is 4.03. The highest BCUT2D eigenvalue weighted by Gasteiger charge is 2.36. The Kier molecular flexibility index (Phi) is 7.20. The molecule has 2 aliphatic rings. The molecular weight excluding hydrogens is 399 g/mol. The first-order chi connectivity index (χ1) is 13.8. The standard InChI is InChI=1S/C19H29FN4O4S/c1-22(19(25)18-4-3-15(20)13-21-18)9-10-24(16-6-11-28-12-7-16)17-5-8-23(14-17)29(2,26)27/h3-4,13,16-17H,5-12,14H2,1-2H3. The van der Waals surface area contributed by atoms with E-state index in [1.54, 1.807) is 11.9 Å². The lowest BCUT2D eigenvalue weighted by atomic mass is 10.0. The van der Waals surface area contributed by atoms with Crippen LogP contribution in [-0.4, -0.2) is 98.2 Å². The number of likely N-dealkylation sites (N-methyl/N-ethyl adjacent to an activating group) is 1. The van der Waals surface area contributed by atoms with Crippen molar-refractivity contribution in [2.75, 3.05) is 52.7 Å². The number of rotatable bonds is 7. The maximum Gasteiger partial charge on any atom is 0.272 e. The highest BCUT2D eigenvalue weighted by Crippen LogP contribution is 2.24. The molecule has 1 atom stereocenters. The van der Waals surface area contributed by atoms with Gasteiger partial charge in [-0.25, -0.2) is 22.1 Å². The van der Waals surface area contributed by atoms with Crippen LogP contribution in [0, 0.1) is 5.82 Å². The fourth-order valence-corrected chi connectivity index (χ4v) is 4.91. The molecule has 29 heavy (non-hydrogen) atoms. The summed E-state index contributed by atoms with van der Waals surface area (Å²) in [6.45, 7) is 3.50. The van der Waals surface area contributed by atoms with E-state index in [0.29, 0.717) is 45.4 Å². The van der Waals surface area contributed by atoms with Gasteiger partial charge in [0.05, 0.1) is 12.5 Å². The quantitative estimate of drug-likeness (QED) is 0.639. The molecule has 2 aliphatic heterocycles. The molecule has 2 fully saturated rings. The van der Waals surface area contributed by atoms with Gasteiger partial charge < -0.3 is 9.64 Å². The zero-order chi connectivity index (χ0) is 21.0. The number of carbonyl (C=O) groups excluding carboxylic acids is 1. The molecule has 0 aliphatic carbocycles. The molecule has 0 N–H and O–H groups in total. The Morgan fingerprint density at radius 1 is 1.24 bits per heavy atom.